The predicted molar refractivity (Wildman–Crippen MR) is 90.5 cm³/mol. The van der Waals surface area contributed by atoms with Crippen molar-refractivity contribution in [3.8, 4) is 11.3 Å². The molecule has 26 heavy (non-hydrogen) atoms. The predicted octanol–water partition coefficient (Wildman–Crippen LogP) is 4.58. The summed E-state index contributed by atoms with van der Waals surface area (Å²) < 4.78 is 38.1. The average Bonchev–Trinajstić information content (AvgIpc) is 3.09. The van der Waals surface area contributed by atoms with E-state index in [0.717, 1.165) is 23.2 Å². The maximum atomic E-state index is 12.7. The van der Waals surface area contributed by atoms with Gasteiger partial charge in [-0.2, -0.15) is 28.6 Å². The molecule has 1 N–H and O–H groups in total. The molecule has 4 aromatic rings. The minimum absolute atomic E-state index is 0.593. The topological polar surface area (TPSA) is 67.3 Å². The molecule has 0 aliphatic heterocycles. The summed E-state index contributed by atoms with van der Waals surface area (Å²) >= 11 is 1.25. The van der Waals surface area contributed by atoms with Gasteiger partial charge < -0.3 is 0 Å². The van der Waals surface area contributed by atoms with E-state index < -0.39 is 11.7 Å². The van der Waals surface area contributed by atoms with Gasteiger partial charge in [0.05, 0.1) is 5.56 Å². The Morgan fingerprint density at radius 2 is 1.58 bits per heavy atom. The summed E-state index contributed by atoms with van der Waals surface area (Å²) in [4.78, 5) is 9.34. The van der Waals surface area contributed by atoms with Crippen LogP contribution >= 0.6 is 11.8 Å². The summed E-state index contributed by atoms with van der Waals surface area (Å²) in [5.74, 6) is 0. The first kappa shape index (κ1) is 16.5. The quantitative estimate of drug-likeness (QED) is 0.569. The fourth-order valence-corrected chi connectivity index (χ4v) is 3.29. The van der Waals surface area contributed by atoms with E-state index in [2.05, 4.69) is 25.4 Å². The summed E-state index contributed by atoms with van der Waals surface area (Å²) in [7, 11) is 0. The Morgan fingerprint density at radius 3 is 2.35 bits per heavy atom. The number of fused-ring (bicyclic) bond motifs is 1. The molecule has 0 saturated heterocycles. The van der Waals surface area contributed by atoms with Gasteiger partial charge in [-0.1, -0.05) is 17.8 Å². The Hall–Kier alpha value is -2.94. The van der Waals surface area contributed by atoms with E-state index >= 15 is 0 Å². The minimum Gasteiger partial charge on any atom is -0.252 e. The lowest BCUT2D eigenvalue weighted by molar-refractivity contribution is -0.137. The van der Waals surface area contributed by atoms with Gasteiger partial charge in [0.2, 0.25) is 0 Å². The molecule has 4 rings (SSSR count). The third-order valence-electron chi connectivity index (χ3n) is 3.65. The highest BCUT2D eigenvalue weighted by atomic mass is 32.2. The Labute approximate surface area is 149 Å². The van der Waals surface area contributed by atoms with Crippen molar-refractivity contribution in [2.45, 2.75) is 16.1 Å². The van der Waals surface area contributed by atoms with Crippen molar-refractivity contribution in [1.82, 2.24) is 25.4 Å². The maximum Gasteiger partial charge on any atom is 0.416 e. The Balaban J connectivity index is 1.67. The molecule has 0 radical (unpaired) electrons. The lowest BCUT2D eigenvalue weighted by Crippen LogP contribution is -2.03. The SMILES string of the molecule is FC(F)(F)c1ccc(Sc2nccnc2-c2ccc3n[nH]nc3c2)cc1. The van der Waals surface area contributed by atoms with Crippen LogP contribution in [0, 0.1) is 0 Å². The lowest BCUT2D eigenvalue weighted by atomic mass is 10.1. The van der Waals surface area contributed by atoms with E-state index in [4.69, 9.17) is 0 Å². The van der Waals surface area contributed by atoms with Crippen LogP contribution < -0.4 is 0 Å². The number of aromatic amines is 1. The Kier molecular flexibility index (Phi) is 4.08. The molecule has 2 aromatic heterocycles. The van der Waals surface area contributed by atoms with Gasteiger partial charge in [-0.3, -0.25) is 4.98 Å². The molecular formula is C17H10F3N5S. The second kappa shape index (κ2) is 6.41. The number of H-pyrrole nitrogens is 1. The zero-order valence-corrected chi connectivity index (χ0v) is 13.8. The first-order valence-electron chi connectivity index (χ1n) is 7.48. The number of hydrogen-bond donors (Lipinski definition) is 1. The van der Waals surface area contributed by atoms with Crippen LogP contribution in [0.15, 0.2) is 64.8 Å². The molecular weight excluding hydrogens is 363 g/mol. The highest BCUT2D eigenvalue weighted by Gasteiger charge is 2.30. The Bertz CT molecular complexity index is 1060. The van der Waals surface area contributed by atoms with E-state index in [-0.39, 0.29) is 0 Å². The van der Waals surface area contributed by atoms with Gasteiger partial charge in [0.1, 0.15) is 21.8 Å². The highest BCUT2D eigenvalue weighted by Crippen LogP contribution is 2.35. The molecule has 5 nitrogen and oxygen atoms in total. The molecule has 9 heteroatoms. The van der Waals surface area contributed by atoms with Crippen molar-refractivity contribution < 1.29 is 13.2 Å². The number of rotatable bonds is 3. The molecule has 130 valence electrons. The van der Waals surface area contributed by atoms with E-state index in [0.29, 0.717) is 21.1 Å². The van der Waals surface area contributed by atoms with Crippen LogP contribution in [0.1, 0.15) is 5.56 Å². The fourth-order valence-electron chi connectivity index (χ4n) is 2.41. The molecule has 2 aromatic carbocycles. The lowest BCUT2D eigenvalue weighted by Gasteiger charge is -2.09. The van der Waals surface area contributed by atoms with E-state index in [1.165, 1.54) is 23.9 Å². The van der Waals surface area contributed by atoms with Gasteiger partial charge in [-0.05, 0) is 36.4 Å². The van der Waals surface area contributed by atoms with Gasteiger partial charge in [0, 0.05) is 22.9 Å². The van der Waals surface area contributed by atoms with E-state index in [1.54, 1.807) is 12.4 Å². The molecule has 0 spiro atoms. The van der Waals surface area contributed by atoms with Crippen molar-refractivity contribution >= 4 is 22.8 Å². The van der Waals surface area contributed by atoms with Crippen LogP contribution in [0.2, 0.25) is 0 Å². The van der Waals surface area contributed by atoms with Crippen LogP contribution in [0.4, 0.5) is 13.2 Å². The second-order valence-electron chi connectivity index (χ2n) is 5.36. The monoisotopic (exact) mass is 373 g/mol. The van der Waals surface area contributed by atoms with Crippen molar-refractivity contribution in [2.24, 2.45) is 0 Å². The molecule has 0 amide bonds. The number of alkyl halides is 3. The van der Waals surface area contributed by atoms with E-state index in [1.807, 2.05) is 18.2 Å². The second-order valence-corrected chi connectivity index (χ2v) is 6.42. The molecule has 0 unspecified atom stereocenters. The zero-order valence-electron chi connectivity index (χ0n) is 13.0. The summed E-state index contributed by atoms with van der Waals surface area (Å²) in [6.45, 7) is 0. The number of aromatic nitrogens is 5. The number of hydrogen-bond acceptors (Lipinski definition) is 5. The number of nitrogens with one attached hydrogen (secondary N) is 1. The van der Waals surface area contributed by atoms with Crippen LogP contribution in [0.5, 0.6) is 0 Å². The van der Waals surface area contributed by atoms with Crippen molar-refractivity contribution in [1.29, 1.82) is 0 Å². The molecule has 0 bridgehead atoms. The average molecular weight is 373 g/mol. The van der Waals surface area contributed by atoms with Gasteiger partial charge in [0.25, 0.3) is 0 Å². The van der Waals surface area contributed by atoms with Crippen LogP contribution in [0.25, 0.3) is 22.3 Å². The largest absolute Gasteiger partial charge is 0.416 e. The summed E-state index contributed by atoms with van der Waals surface area (Å²) in [6, 6.07) is 10.5. The number of halogens is 3. The van der Waals surface area contributed by atoms with Gasteiger partial charge in [-0.15, -0.1) is 0 Å². The molecule has 0 aliphatic carbocycles. The normalized spacial score (nSPS) is 11.8. The first-order chi connectivity index (χ1) is 12.5. The van der Waals surface area contributed by atoms with E-state index in [9.17, 15) is 13.2 Å². The minimum atomic E-state index is -4.35. The van der Waals surface area contributed by atoms with Crippen LogP contribution in [0.3, 0.4) is 0 Å². The van der Waals surface area contributed by atoms with Crippen LogP contribution in [-0.4, -0.2) is 25.4 Å². The van der Waals surface area contributed by atoms with Gasteiger partial charge >= 0.3 is 6.18 Å². The maximum absolute atomic E-state index is 12.7. The van der Waals surface area contributed by atoms with Gasteiger partial charge in [0.15, 0.2) is 0 Å². The Morgan fingerprint density at radius 1 is 0.846 bits per heavy atom. The summed E-state index contributed by atoms with van der Waals surface area (Å²) in [5, 5.41) is 11.2. The summed E-state index contributed by atoms with van der Waals surface area (Å²) in [5.41, 5.74) is 2.17. The standard InChI is InChI=1S/C17H10F3N5S/c18-17(19,20)11-2-4-12(5-3-11)26-16-15(21-7-8-22-16)10-1-6-13-14(9-10)24-25-23-13/h1-9H,(H,23,24,25). The number of benzene rings is 2. The highest BCUT2D eigenvalue weighted by molar-refractivity contribution is 7.99. The third-order valence-corrected chi connectivity index (χ3v) is 4.65. The smallest absolute Gasteiger partial charge is 0.252 e. The van der Waals surface area contributed by atoms with Crippen molar-refractivity contribution in [2.75, 3.05) is 0 Å². The molecule has 2 heterocycles. The molecule has 0 saturated carbocycles. The first-order valence-corrected chi connectivity index (χ1v) is 8.29. The zero-order chi connectivity index (χ0) is 18.1. The summed E-state index contributed by atoms with van der Waals surface area (Å²) in [6.07, 6.45) is -1.24. The van der Waals surface area contributed by atoms with Crippen LogP contribution in [-0.2, 0) is 6.18 Å². The van der Waals surface area contributed by atoms with Gasteiger partial charge in [-0.25, -0.2) is 4.98 Å². The fraction of sp³-hybridized carbons (Fsp3) is 0.0588. The number of nitrogens with zero attached hydrogens (tertiary/aromatic N) is 4. The molecule has 0 aliphatic rings. The third kappa shape index (κ3) is 3.25. The molecule has 0 atom stereocenters. The van der Waals surface area contributed by atoms with Crippen molar-refractivity contribution in [3.05, 3.63) is 60.4 Å². The molecule has 0 fully saturated rings. The van der Waals surface area contributed by atoms with Crippen molar-refractivity contribution in [3.63, 3.8) is 0 Å².